The van der Waals surface area contributed by atoms with Gasteiger partial charge in [0.25, 0.3) is 15.9 Å². The monoisotopic (exact) mass is 455 g/mol. The molecule has 0 bridgehead atoms. The number of sulfonamides is 1. The molecule has 10 heteroatoms. The van der Waals surface area contributed by atoms with Crippen LogP contribution in [0.3, 0.4) is 0 Å². The van der Waals surface area contributed by atoms with Crippen molar-refractivity contribution in [3.05, 3.63) is 46.3 Å². The minimum atomic E-state index is -3.58. The molecule has 7 nitrogen and oxygen atoms in total. The van der Waals surface area contributed by atoms with Crippen molar-refractivity contribution in [2.45, 2.75) is 17.1 Å². The summed E-state index contributed by atoms with van der Waals surface area (Å²) >= 11 is 7.36. The van der Waals surface area contributed by atoms with E-state index in [1.807, 2.05) is 0 Å². The van der Waals surface area contributed by atoms with Crippen molar-refractivity contribution in [3.8, 4) is 0 Å². The van der Waals surface area contributed by atoms with E-state index >= 15 is 0 Å². The van der Waals surface area contributed by atoms with Crippen LogP contribution in [0.2, 0.25) is 5.02 Å². The summed E-state index contributed by atoms with van der Waals surface area (Å²) in [6, 6.07) is 7.97. The van der Waals surface area contributed by atoms with Crippen LogP contribution in [0.15, 0.2) is 39.9 Å². The third kappa shape index (κ3) is 4.80. The second-order valence-corrected chi connectivity index (χ2v) is 10.5. The highest BCUT2D eigenvalue weighted by atomic mass is 35.5. The predicted molar refractivity (Wildman–Crippen MR) is 114 cm³/mol. The average molecular weight is 456 g/mol. The molecule has 0 radical (unpaired) electrons. The molecule has 1 aromatic heterocycles. The average Bonchev–Trinajstić information content (AvgIpc) is 3.23. The Hall–Kier alpha value is -1.94. The topological polar surface area (TPSA) is 86.8 Å². The Morgan fingerprint density at radius 1 is 1.28 bits per heavy atom. The summed E-state index contributed by atoms with van der Waals surface area (Å²) in [5.74, 6) is -0.950. The lowest BCUT2D eigenvalue weighted by molar-refractivity contribution is -0.120. The second kappa shape index (κ2) is 8.83. The van der Waals surface area contributed by atoms with Crippen LogP contribution in [0, 0.1) is 5.92 Å². The molecular weight excluding hydrogens is 434 g/mol. The lowest BCUT2D eigenvalue weighted by Gasteiger charge is -2.30. The molecule has 1 atom stereocenters. The van der Waals surface area contributed by atoms with Gasteiger partial charge in [-0.2, -0.15) is 4.31 Å². The SMILES string of the molecule is CN(C)C(=O)c1ccc(NC(=O)C2CCCN(S(=O)(=O)c3cccs3)C2)cc1Cl. The number of benzene rings is 1. The van der Waals surface area contributed by atoms with Crippen molar-refractivity contribution in [1.29, 1.82) is 0 Å². The van der Waals surface area contributed by atoms with Crippen LogP contribution < -0.4 is 5.32 Å². The van der Waals surface area contributed by atoms with E-state index in [1.54, 1.807) is 43.7 Å². The maximum atomic E-state index is 12.7. The van der Waals surface area contributed by atoms with Gasteiger partial charge in [-0.25, -0.2) is 8.42 Å². The molecule has 1 N–H and O–H groups in total. The number of rotatable bonds is 5. The van der Waals surface area contributed by atoms with Gasteiger partial charge >= 0.3 is 0 Å². The van der Waals surface area contributed by atoms with Crippen molar-refractivity contribution in [2.24, 2.45) is 5.92 Å². The molecule has 1 fully saturated rings. The second-order valence-electron chi connectivity index (χ2n) is 7.02. The maximum Gasteiger partial charge on any atom is 0.254 e. The zero-order valence-electron chi connectivity index (χ0n) is 16.1. The summed E-state index contributed by atoms with van der Waals surface area (Å²) in [5, 5.41) is 4.75. The maximum absolute atomic E-state index is 12.7. The number of nitrogens with zero attached hydrogens (tertiary/aromatic N) is 2. The van der Waals surface area contributed by atoms with E-state index in [4.69, 9.17) is 11.6 Å². The number of hydrogen-bond acceptors (Lipinski definition) is 5. The molecule has 2 aromatic rings. The third-order valence-corrected chi connectivity index (χ3v) is 8.27. The van der Waals surface area contributed by atoms with Crippen molar-refractivity contribution in [2.75, 3.05) is 32.5 Å². The Morgan fingerprint density at radius 3 is 2.66 bits per heavy atom. The highest BCUT2D eigenvalue weighted by Gasteiger charge is 2.33. The van der Waals surface area contributed by atoms with E-state index in [0.717, 1.165) is 0 Å². The molecule has 1 unspecified atom stereocenters. The molecule has 1 aromatic carbocycles. The van der Waals surface area contributed by atoms with E-state index in [9.17, 15) is 18.0 Å². The van der Waals surface area contributed by atoms with Gasteiger partial charge in [0.05, 0.1) is 16.5 Å². The number of nitrogens with one attached hydrogen (secondary N) is 1. The van der Waals surface area contributed by atoms with E-state index in [1.165, 1.54) is 26.6 Å². The molecule has 2 amide bonds. The van der Waals surface area contributed by atoms with Crippen molar-refractivity contribution in [3.63, 3.8) is 0 Å². The van der Waals surface area contributed by atoms with Gasteiger partial charge in [-0.3, -0.25) is 9.59 Å². The molecule has 156 valence electrons. The number of piperidine rings is 1. The highest BCUT2D eigenvalue weighted by molar-refractivity contribution is 7.91. The van der Waals surface area contributed by atoms with Crippen molar-refractivity contribution in [1.82, 2.24) is 9.21 Å². The van der Waals surface area contributed by atoms with E-state index < -0.39 is 15.9 Å². The van der Waals surface area contributed by atoms with Crippen LogP contribution in [-0.4, -0.2) is 56.6 Å². The quantitative estimate of drug-likeness (QED) is 0.750. The standard InChI is InChI=1S/C19H22ClN3O4S2/c1-22(2)19(25)15-8-7-14(11-16(15)20)21-18(24)13-5-3-9-23(12-13)29(26,27)17-6-4-10-28-17/h4,6-8,10-11,13H,3,5,9,12H2,1-2H3,(H,21,24). The minimum absolute atomic E-state index is 0.136. The molecule has 0 saturated carbocycles. The van der Waals surface area contributed by atoms with Crippen LogP contribution in [0.5, 0.6) is 0 Å². The fourth-order valence-corrected chi connectivity index (χ4v) is 6.09. The lowest BCUT2D eigenvalue weighted by atomic mass is 9.98. The fraction of sp³-hybridized carbons (Fsp3) is 0.368. The lowest BCUT2D eigenvalue weighted by Crippen LogP contribution is -2.43. The molecule has 1 saturated heterocycles. The largest absolute Gasteiger partial charge is 0.345 e. The van der Waals surface area contributed by atoms with Crippen LogP contribution in [0.25, 0.3) is 0 Å². The number of hydrogen-bond donors (Lipinski definition) is 1. The summed E-state index contributed by atoms with van der Waals surface area (Å²) in [7, 11) is -0.315. The first-order valence-corrected chi connectivity index (χ1v) is 11.8. The van der Waals surface area contributed by atoms with Gasteiger partial charge in [-0.15, -0.1) is 11.3 Å². The number of anilines is 1. The van der Waals surface area contributed by atoms with Crippen molar-refractivity contribution < 1.29 is 18.0 Å². The van der Waals surface area contributed by atoms with Crippen LogP contribution >= 0.6 is 22.9 Å². The molecule has 2 heterocycles. The van der Waals surface area contributed by atoms with E-state index in [2.05, 4.69) is 5.32 Å². The van der Waals surface area contributed by atoms with Crippen LogP contribution in [0.1, 0.15) is 23.2 Å². The fourth-order valence-electron chi connectivity index (χ4n) is 3.16. The zero-order chi connectivity index (χ0) is 21.2. The molecular formula is C19H22ClN3O4S2. The van der Waals surface area contributed by atoms with Gasteiger partial charge in [0.15, 0.2) is 0 Å². The number of thiophene rings is 1. The summed E-state index contributed by atoms with van der Waals surface area (Å²) in [5.41, 5.74) is 0.814. The van der Waals surface area contributed by atoms with E-state index in [-0.39, 0.29) is 27.6 Å². The Balaban J connectivity index is 1.69. The molecule has 1 aliphatic heterocycles. The van der Waals surface area contributed by atoms with Crippen LogP contribution in [0.4, 0.5) is 5.69 Å². The Bertz CT molecular complexity index is 1010. The summed E-state index contributed by atoms with van der Waals surface area (Å²) in [4.78, 5) is 26.2. The van der Waals surface area contributed by atoms with Gasteiger partial charge in [0, 0.05) is 32.9 Å². The van der Waals surface area contributed by atoms with Gasteiger partial charge in [0.1, 0.15) is 4.21 Å². The van der Waals surface area contributed by atoms with Gasteiger partial charge in [0.2, 0.25) is 5.91 Å². The molecule has 0 aliphatic carbocycles. The molecule has 0 spiro atoms. The summed E-state index contributed by atoms with van der Waals surface area (Å²) < 4.78 is 27.1. The molecule has 1 aliphatic rings. The predicted octanol–water partition coefficient (Wildman–Crippen LogP) is 3.14. The number of carbonyl (C=O) groups is 2. The normalized spacial score (nSPS) is 17.7. The third-order valence-electron chi connectivity index (χ3n) is 4.72. The van der Waals surface area contributed by atoms with Crippen molar-refractivity contribution >= 4 is 50.5 Å². The molecule has 3 rings (SSSR count). The van der Waals surface area contributed by atoms with Gasteiger partial charge in [-0.05, 0) is 42.5 Å². The highest BCUT2D eigenvalue weighted by Crippen LogP contribution is 2.28. The summed E-state index contributed by atoms with van der Waals surface area (Å²) in [6.45, 7) is 0.536. The number of amides is 2. The summed E-state index contributed by atoms with van der Waals surface area (Å²) in [6.07, 6.45) is 1.22. The number of carbonyl (C=O) groups excluding carboxylic acids is 2. The Kier molecular flexibility index (Phi) is 6.62. The first kappa shape index (κ1) is 21.8. The Morgan fingerprint density at radius 2 is 2.03 bits per heavy atom. The Labute approximate surface area is 179 Å². The first-order valence-electron chi connectivity index (χ1n) is 9.06. The minimum Gasteiger partial charge on any atom is -0.345 e. The van der Waals surface area contributed by atoms with Gasteiger partial charge < -0.3 is 10.2 Å². The smallest absolute Gasteiger partial charge is 0.254 e. The molecule has 29 heavy (non-hydrogen) atoms. The number of halogens is 1. The van der Waals surface area contributed by atoms with Gasteiger partial charge in [-0.1, -0.05) is 17.7 Å². The first-order chi connectivity index (χ1) is 13.7. The van der Waals surface area contributed by atoms with Crippen LogP contribution in [-0.2, 0) is 14.8 Å². The van der Waals surface area contributed by atoms with E-state index in [0.29, 0.717) is 30.6 Å². The zero-order valence-corrected chi connectivity index (χ0v) is 18.5.